The second-order valence-electron chi connectivity index (χ2n) is 9.50. The summed E-state index contributed by atoms with van der Waals surface area (Å²) in [5, 5.41) is 13.2. The van der Waals surface area contributed by atoms with Crippen LogP contribution in [0.5, 0.6) is 17.2 Å². The van der Waals surface area contributed by atoms with Gasteiger partial charge in [0, 0.05) is 22.6 Å². The molecule has 42 heavy (non-hydrogen) atoms. The van der Waals surface area contributed by atoms with E-state index in [0.717, 1.165) is 17.1 Å². The Morgan fingerprint density at radius 1 is 1.10 bits per heavy atom. The molecule has 2 aromatic heterocycles. The maximum Gasteiger partial charge on any atom is 0.344 e. The van der Waals surface area contributed by atoms with E-state index < -0.39 is 18.0 Å². The van der Waals surface area contributed by atoms with Gasteiger partial charge in [0.25, 0.3) is 0 Å². The number of rotatable bonds is 13. The van der Waals surface area contributed by atoms with Crippen LogP contribution in [-0.2, 0) is 17.8 Å². The third kappa shape index (κ3) is 7.08. The van der Waals surface area contributed by atoms with Crippen molar-refractivity contribution < 1.29 is 33.3 Å². The van der Waals surface area contributed by atoms with Gasteiger partial charge >= 0.3 is 11.9 Å². The molecule has 2 aromatic carbocycles. The Hall–Kier alpha value is -5.25. The molecule has 2 heterocycles. The molecule has 0 aliphatic heterocycles. The Kier molecular flexibility index (Phi) is 9.49. The van der Waals surface area contributed by atoms with Crippen molar-refractivity contribution in [3.05, 3.63) is 107 Å². The highest BCUT2D eigenvalue weighted by atomic mass is 16.5. The van der Waals surface area contributed by atoms with E-state index in [9.17, 15) is 14.7 Å². The van der Waals surface area contributed by atoms with E-state index in [2.05, 4.69) is 47.7 Å². The number of benzene rings is 2. The van der Waals surface area contributed by atoms with E-state index in [1.807, 2.05) is 24.3 Å². The molecular formula is C32H33N3O7. The van der Waals surface area contributed by atoms with Crippen LogP contribution < -0.4 is 19.6 Å². The first-order chi connectivity index (χ1) is 20.2. The predicted molar refractivity (Wildman–Crippen MR) is 158 cm³/mol. The molecule has 0 unspecified atom stereocenters. The summed E-state index contributed by atoms with van der Waals surface area (Å²) in [6.07, 6.45) is 2.42. The van der Waals surface area contributed by atoms with Crippen LogP contribution in [-0.4, -0.2) is 41.0 Å². The molecule has 0 bridgehead atoms. The van der Waals surface area contributed by atoms with E-state index in [-0.39, 0.29) is 12.4 Å². The molecule has 10 heteroatoms. The number of carbonyl (C=O) groups excluding carboxylic acids is 1. The summed E-state index contributed by atoms with van der Waals surface area (Å²) in [5.41, 5.74) is 7.05. The zero-order chi connectivity index (χ0) is 30.2. The second-order valence-corrected chi connectivity index (χ2v) is 9.50. The molecule has 0 radical (unpaired) electrons. The van der Waals surface area contributed by atoms with E-state index >= 15 is 0 Å². The lowest BCUT2D eigenvalue weighted by atomic mass is 10.1. The number of aliphatic carboxylic acids is 1. The van der Waals surface area contributed by atoms with Crippen molar-refractivity contribution in [1.29, 1.82) is 0 Å². The fourth-order valence-corrected chi connectivity index (χ4v) is 4.30. The molecule has 0 aliphatic rings. The monoisotopic (exact) mass is 571 g/mol. The number of nitrogens with zero attached hydrogens (tertiary/aromatic N) is 2. The van der Waals surface area contributed by atoms with Gasteiger partial charge < -0.3 is 28.3 Å². The molecule has 0 fully saturated rings. The van der Waals surface area contributed by atoms with Gasteiger partial charge in [0.1, 0.15) is 18.1 Å². The van der Waals surface area contributed by atoms with Gasteiger partial charge in [-0.05, 0) is 93.4 Å². The van der Waals surface area contributed by atoms with E-state index in [4.69, 9.17) is 18.6 Å². The number of hydrogen-bond donors (Lipinski definition) is 2. The van der Waals surface area contributed by atoms with Gasteiger partial charge in [0.2, 0.25) is 0 Å². The molecule has 0 spiro atoms. The lowest BCUT2D eigenvalue weighted by Crippen LogP contribution is -2.23. The van der Waals surface area contributed by atoms with Gasteiger partial charge in [-0.1, -0.05) is 6.08 Å². The van der Waals surface area contributed by atoms with Crippen molar-refractivity contribution in [3.8, 4) is 22.9 Å². The molecular weight excluding hydrogens is 538 g/mol. The number of nitrogens with one attached hydrogen (secondary N) is 1. The summed E-state index contributed by atoms with van der Waals surface area (Å²) in [4.78, 5) is 23.9. The summed E-state index contributed by atoms with van der Waals surface area (Å²) in [6, 6.07) is 18.5. The Bertz CT molecular complexity index is 1580. The Morgan fingerprint density at radius 3 is 2.45 bits per heavy atom. The lowest BCUT2D eigenvalue weighted by molar-refractivity contribution is -0.144. The first-order valence-corrected chi connectivity index (χ1v) is 13.2. The molecule has 4 rings (SSSR count). The summed E-state index contributed by atoms with van der Waals surface area (Å²) >= 11 is 0. The number of carboxylic acid groups (broad SMARTS) is 1. The molecule has 0 saturated carbocycles. The van der Waals surface area contributed by atoms with Crippen LogP contribution in [0.3, 0.4) is 0 Å². The average molecular weight is 572 g/mol. The van der Waals surface area contributed by atoms with Gasteiger partial charge in [0.05, 0.1) is 13.3 Å². The number of methoxy groups -OCH3 is 1. The molecule has 1 atom stereocenters. The molecule has 2 N–H and O–H groups in total. The van der Waals surface area contributed by atoms with E-state index in [1.165, 1.54) is 20.2 Å². The fraction of sp³-hybridized carbons (Fsp3) is 0.219. The standard InChI is InChI=1S/C32H33N3O7/c1-6-7-24-16-23(17-29(39-5)30(24)41-22(4)32(37)38)18-33-34-31(36)28-15-14-27(42-28)19-40-26-12-10-25(11-13-26)35-20(2)8-9-21(35)3/h6,8-18,22H,1,7,19H2,2-5H3,(H,34,36)(H,37,38)/b33-18+/t22-/m1/s1. The van der Waals surface area contributed by atoms with Crippen LogP contribution in [0, 0.1) is 13.8 Å². The van der Waals surface area contributed by atoms with Crippen LogP contribution in [0.1, 0.15) is 45.8 Å². The second kappa shape index (κ2) is 13.4. The summed E-state index contributed by atoms with van der Waals surface area (Å²) in [5.74, 6) is 0.235. The zero-order valence-corrected chi connectivity index (χ0v) is 23.9. The van der Waals surface area contributed by atoms with Crippen molar-refractivity contribution >= 4 is 18.1 Å². The first-order valence-electron chi connectivity index (χ1n) is 13.2. The van der Waals surface area contributed by atoms with Gasteiger partial charge in [0.15, 0.2) is 23.4 Å². The van der Waals surface area contributed by atoms with Crippen molar-refractivity contribution in [2.45, 2.75) is 39.9 Å². The Labute approximate surface area is 243 Å². The number of hydrazone groups is 1. The number of amides is 1. The minimum Gasteiger partial charge on any atom is -0.493 e. The molecule has 1 amide bonds. The number of ether oxygens (including phenoxy) is 3. The average Bonchev–Trinajstić information content (AvgIpc) is 3.59. The summed E-state index contributed by atoms with van der Waals surface area (Å²) in [6.45, 7) is 9.44. The summed E-state index contributed by atoms with van der Waals surface area (Å²) < 4.78 is 24.6. The van der Waals surface area contributed by atoms with Gasteiger partial charge in [-0.25, -0.2) is 10.2 Å². The van der Waals surface area contributed by atoms with Crippen molar-refractivity contribution in [3.63, 3.8) is 0 Å². The minimum absolute atomic E-state index is 0.0796. The number of allylic oxidation sites excluding steroid dienone is 1. The predicted octanol–water partition coefficient (Wildman–Crippen LogP) is 5.62. The highest BCUT2D eigenvalue weighted by Crippen LogP contribution is 2.34. The largest absolute Gasteiger partial charge is 0.493 e. The summed E-state index contributed by atoms with van der Waals surface area (Å²) in [7, 11) is 1.45. The number of hydrogen-bond acceptors (Lipinski definition) is 7. The number of carboxylic acids is 1. The number of carbonyl (C=O) groups is 2. The highest BCUT2D eigenvalue weighted by Gasteiger charge is 2.19. The third-order valence-corrected chi connectivity index (χ3v) is 6.39. The Balaban J connectivity index is 1.36. The number of aromatic nitrogens is 1. The number of furan rings is 1. The highest BCUT2D eigenvalue weighted by molar-refractivity contribution is 5.92. The molecule has 0 aliphatic carbocycles. The number of aryl methyl sites for hydroxylation is 2. The van der Waals surface area contributed by atoms with Crippen LogP contribution in [0.2, 0.25) is 0 Å². The van der Waals surface area contributed by atoms with Crippen molar-refractivity contribution in [2.24, 2.45) is 5.10 Å². The minimum atomic E-state index is -1.10. The van der Waals surface area contributed by atoms with Crippen LogP contribution in [0.4, 0.5) is 0 Å². The van der Waals surface area contributed by atoms with Crippen LogP contribution in [0.15, 0.2) is 82.8 Å². The van der Waals surface area contributed by atoms with Gasteiger partial charge in [-0.15, -0.1) is 6.58 Å². The Morgan fingerprint density at radius 2 is 1.81 bits per heavy atom. The van der Waals surface area contributed by atoms with Crippen molar-refractivity contribution in [1.82, 2.24) is 9.99 Å². The fourth-order valence-electron chi connectivity index (χ4n) is 4.30. The molecule has 0 saturated heterocycles. The topological polar surface area (TPSA) is 125 Å². The SMILES string of the molecule is C=CCc1cc(/C=N/NC(=O)c2ccc(COc3ccc(-n4c(C)ccc4C)cc3)o2)cc(OC)c1O[C@H](C)C(=O)O. The van der Waals surface area contributed by atoms with E-state index in [1.54, 1.807) is 30.3 Å². The van der Waals surface area contributed by atoms with Crippen molar-refractivity contribution in [2.75, 3.05) is 7.11 Å². The van der Waals surface area contributed by atoms with E-state index in [0.29, 0.717) is 40.6 Å². The van der Waals surface area contributed by atoms with Gasteiger partial charge in [-0.2, -0.15) is 5.10 Å². The first kappa shape index (κ1) is 29.7. The van der Waals surface area contributed by atoms with Crippen LogP contribution >= 0.6 is 0 Å². The van der Waals surface area contributed by atoms with Gasteiger partial charge in [-0.3, -0.25) is 4.79 Å². The molecule has 218 valence electrons. The van der Waals surface area contributed by atoms with Crippen LogP contribution in [0.25, 0.3) is 5.69 Å². The maximum absolute atomic E-state index is 12.6. The molecule has 4 aromatic rings. The normalized spacial score (nSPS) is 11.7. The smallest absolute Gasteiger partial charge is 0.344 e. The quantitative estimate of drug-likeness (QED) is 0.121. The maximum atomic E-state index is 12.6. The third-order valence-electron chi connectivity index (χ3n) is 6.39. The zero-order valence-electron chi connectivity index (χ0n) is 23.9. The molecule has 10 nitrogen and oxygen atoms in total. The lowest BCUT2D eigenvalue weighted by Gasteiger charge is -2.17.